The van der Waals surface area contributed by atoms with Gasteiger partial charge in [-0.1, -0.05) is 48.0 Å². The molecule has 0 amide bonds. The van der Waals surface area contributed by atoms with Gasteiger partial charge in [0.25, 0.3) is 0 Å². The summed E-state index contributed by atoms with van der Waals surface area (Å²) in [4.78, 5) is 4.58. The number of methoxy groups -OCH3 is 1. The van der Waals surface area contributed by atoms with Crippen LogP contribution < -0.4 is 15.4 Å². The van der Waals surface area contributed by atoms with Crippen molar-refractivity contribution in [3.63, 3.8) is 0 Å². The molecule has 0 saturated carbocycles. The van der Waals surface area contributed by atoms with Gasteiger partial charge >= 0.3 is 0 Å². The summed E-state index contributed by atoms with van der Waals surface area (Å²) >= 11 is 0. The van der Waals surface area contributed by atoms with E-state index in [0.29, 0.717) is 19.0 Å². The molecule has 0 fully saturated rings. The Hall–Kier alpha value is -2.53. The fourth-order valence-electron chi connectivity index (χ4n) is 2.44. The number of nitrogens with one attached hydrogen (secondary N) is 2. The van der Waals surface area contributed by atoms with Crippen molar-refractivity contribution < 1.29 is 9.84 Å². The number of para-hydroxylation sites is 1. The molecule has 0 radical (unpaired) electrons. The molecule has 134 valence electrons. The van der Waals surface area contributed by atoms with E-state index in [1.54, 1.807) is 7.11 Å². The second kappa shape index (κ2) is 9.69. The molecule has 1 unspecified atom stereocenters. The van der Waals surface area contributed by atoms with Crippen LogP contribution in [0.25, 0.3) is 0 Å². The number of nitrogens with zero attached hydrogens (tertiary/aromatic N) is 1. The van der Waals surface area contributed by atoms with Crippen LogP contribution in [0.2, 0.25) is 0 Å². The minimum atomic E-state index is -0.587. The zero-order valence-corrected chi connectivity index (χ0v) is 15.1. The van der Waals surface area contributed by atoms with Crippen LogP contribution in [0.1, 0.15) is 29.7 Å². The molecule has 0 aliphatic rings. The quantitative estimate of drug-likeness (QED) is 0.535. The van der Waals surface area contributed by atoms with Crippen molar-refractivity contribution in [3.8, 4) is 5.75 Å². The molecule has 0 saturated heterocycles. The third-order valence-electron chi connectivity index (χ3n) is 3.87. The normalized spacial score (nSPS) is 12.6. The van der Waals surface area contributed by atoms with E-state index in [9.17, 15) is 5.11 Å². The first-order chi connectivity index (χ1) is 12.1. The van der Waals surface area contributed by atoms with Gasteiger partial charge in [-0.2, -0.15) is 0 Å². The molecule has 0 aliphatic heterocycles. The number of hydrogen-bond donors (Lipinski definition) is 3. The minimum absolute atomic E-state index is 0.390. The number of ether oxygens (including phenoxy) is 1. The molecule has 25 heavy (non-hydrogen) atoms. The molecule has 5 heteroatoms. The largest absolute Gasteiger partial charge is 0.496 e. The summed E-state index contributed by atoms with van der Waals surface area (Å²) in [6.45, 7) is 5.68. The lowest BCUT2D eigenvalue weighted by molar-refractivity contribution is 0.181. The number of hydrogen-bond acceptors (Lipinski definition) is 3. The summed E-state index contributed by atoms with van der Waals surface area (Å²) in [6, 6.07) is 15.7. The maximum Gasteiger partial charge on any atom is 0.191 e. The topological polar surface area (TPSA) is 65.9 Å². The second-order valence-electron chi connectivity index (χ2n) is 5.81. The Morgan fingerprint density at radius 3 is 2.52 bits per heavy atom. The predicted octanol–water partition coefficient (Wildman–Crippen LogP) is 2.79. The van der Waals surface area contributed by atoms with Gasteiger partial charge < -0.3 is 20.5 Å². The van der Waals surface area contributed by atoms with Gasteiger partial charge in [-0.15, -0.1) is 0 Å². The third-order valence-corrected chi connectivity index (χ3v) is 3.87. The lowest BCUT2D eigenvalue weighted by Crippen LogP contribution is -2.39. The molecule has 3 N–H and O–H groups in total. The van der Waals surface area contributed by atoms with Crippen LogP contribution in [0.4, 0.5) is 0 Å². The molecular weight excluding hydrogens is 314 g/mol. The molecule has 0 spiro atoms. The van der Waals surface area contributed by atoms with Gasteiger partial charge in [-0.05, 0) is 25.5 Å². The number of benzene rings is 2. The average Bonchev–Trinajstić information content (AvgIpc) is 2.64. The number of aliphatic hydroxyl groups excluding tert-OH is 1. The van der Waals surface area contributed by atoms with Gasteiger partial charge in [0.1, 0.15) is 5.75 Å². The molecule has 0 bridgehead atoms. The zero-order chi connectivity index (χ0) is 18.1. The van der Waals surface area contributed by atoms with E-state index in [-0.39, 0.29) is 0 Å². The highest BCUT2D eigenvalue weighted by Gasteiger charge is 2.08. The lowest BCUT2D eigenvalue weighted by Gasteiger charge is -2.16. The van der Waals surface area contributed by atoms with Crippen molar-refractivity contribution in [2.45, 2.75) is 26.5 Å². The summed E-state index contributed by atoms with van der Waals surface area (Å²) in [6.07, 6.45) is -0.587. The zero-order valence-electron chi connectivity index (χ0n) is 15.1. The Balaban J connectivity index is 1.98. The Labute approximate surface area is 149 Å². The van der Waals surface area contributed by atoms with Crippen molar-refractivity contribution in [1.29, 1.82) is 0 Å². The van der Waals surface area contributed by atoms with Crippen molar-refractivity contribution in [1.82, 2.24) is 10.6 Å². The molecule has 2 aromatic rings. The molecule has 1 atom stereocenters. The van der Waals surface area contributed by atoms with Crippen molar-refractivity contribution in [2.75, 3.05) is 20.2 Å². The van der Waals surface area contributed by atoms with Crippen LogP contribution in [-0.4, -0.2) is 31.3 Å². The Morgan fingerprint density at radius 1 is 1.12 bits per heavy atom. The van der Waals surface area contributed by atoms with Gasteiger partial charge in [0, 0.05) is 18.7 Å². The van der Waals surface area contributed by atoms with Gasteiger partial charge in [-0.25, -0.2) is 4.99 Å². The second-order valence-corrected chi connectivity index (χ2v) is 5.81. The van der Waals surface area contributed by atoms with E-state index < -0.39 is 6.10 Å². The number of guanidine groups is 1. The average molecular weight is 341 g/mol. The Bertz CT molecular complexity index is 684. The minimum Gasteiger partial charge on any atom is -0.496 e. The van der Waals surface area contributed by atoms with Crippen LogP contribution in [0.5, 0.6) is 5.75 Å². The first-order valence-corrected chi connectivity index (χ1v) is 8.52. The molecule has 5 nitrogen and oxygen atoms in total. The first kappa shape index (κ1) is 18.8. The Kier molecular flexibility index (Phi) is 7.29. The SMILES string of the molecule is CCNC(=NCc1ccccc1OC)NCC(O)c1ccc(C)cc1. The van der Waals surface area contributed by atoms with E-state index >= 15 is 0 Å². The van der Waals surface area contributed by atoms with Crippen molar-refractivity contribution in [3.05, 3.63) is 65.2 Å². The molecular formula is C20H27N3O2. The maximum atomic E-state index is 10.3. The smallest absolute Gasteiger partial charge is 0.191 e. The first-order valence-electron chi connectivity index (χ1n) is 8.52. The van der Waals surface area contributed by atoms with Gasteiger partial charge in [-0.3, -0.25) is 0 Å². The summed E-state index contributed by atoms with van der Waals surface area (Å²) in [5.74, 6) is 1.49. The van der Waals surface area contributed by atoms with E-state index in [0.717, 1.165) is 23.4 Å². The van der Waals surface area contributed by atoms with Gasteiger partial charge in [0.15, 0.2) is 5.96 Å². The Morgan fingerprint density at radius 2 is 1.84 bits per heavy atom. The van der Waals surface area contributed by atoms with E-state index in [2.05, 4.69) is 15.6 Å². The molecule has 0 aliphatic carbocycles. The highest BCUT2D eigenvalue weighted by atomic mass is 16.5. The number of aliphatic hydroxyl groups is 1. The standard InChI is InChI=1S/C20H27N3O2/c1-4-21-20(22-13-17-7-5-6-8-19(17)25-3)23-14-18(24)16-11-9-15(2)10-12-16/h5-12,18,24H,4,13-14H2,1-3H3,(H2,21,22,23). The highest BCUT2D eigenvalue weighted by Crippen LogP contribution is 2.18. The van der Waals surface area contributed by atoms with Gasteiger partial charge in [0.2, 0.25) is 0 Å². The molecule has 0 heterocycles. The van der Waals surface area contributed by atoms with Crippen molar-refractivity contribution >= 4 is 5.96 Å². The van der Waals surface area contributed by atoms with Crippen LogP contribution in [0.15, 0.2) is 53.5 Å². The van der Waals surface area contributed by atoms with Crippen LogP contribution >= 0.6 is 0 Å². The molecule has 2 aromatic carbocycles. The van der Waals surface area contributed by atoms with Crippen LogP contribution in [-0.2, 0) is 6.54 Å². The summed E-state index contributed by atoms with van der Waals surface area (Å²) in [5.41, 5.74) is 3.08. The fraction of sp³-hybridized carbons (Fsp3) is 0.350. The van der Waals surface area contributed by atoms with E-state index in [1.165, 1.54) is 5.56 Å². The predicted molar refractivity (Wildman–Crippen MR) is 102 cm³/mol. The van der Waals surface area contributed by atoms with Crippen LogP contribution in [0.3, 0.4) is 0 Å². The maximum absolute atomic E-state index is 10.3. The van der Waals surface area contributed by atoms with Crippen LogP contribution in [0, 0.1) is 6.92 Å². The number of aliphatic imine (C=N–C) groups is 1. The summed E-state index contributed by atoms with van der Waals surface area (Å²) in [5, 5.41) is 16.7. The lowest BCUT2D eigenvalue weighted by atomic mass is 10.1. The van der Waals surface area contributed by atoms with Gasteiger partial charge in [0.05, 0.1) is 19.8 Å². The number of rotatable bonds is 7. The highest BCUT2D eigenvalue weighted by molar-refractivity contribution is 5.79. The van der Waals surface area contributed by atoms with Crippen molar-refractivity contribution in [2.24, 2.45) is 4.99 Å². The fourth-order valence-corrected chi connectivity index (χ4v) is 2.44. The number of aryl methyl sites for hydroxylation is 1. The molecule has 0 aromatic heterocycles. The van der Waals surface area contributed by atoms with E-state index in [1.807, 2.05) is 62.4 Å². The summed E-state index contributed by atoms with van der Waals surface area (Å²) in [7, 11) is 1.66. The monoisotopic (exact) mass is 341 g/mol. The third kappa shape index (κ3) is 5.80. The summed E-state index contributed by atoms with van der Waals surface area (Å²) < 4.78 is 5.35. The molecule has 2 rings (SSSR count). The van der Waals surface area contributed by atoms with E-state index in [4.69, 9.17) is 4.74 Å².